The Balaban J connectivity index is 1.54. The van der Waals surface area contributed by atoms with Crippen molar-refractivity contribution in [2.75, 3.05) is 16.8 Å². The Kier molecular flexibility index (Phi) is 4.59. The Bertz CT molecular complexity index is 957. The molecule has 0 unspecified atom stereocenters. The van der Waals surface area contributed by atoms with E-state index in [1.54, 1.807) is 24.5 Å². The summed E-state index contributed by atoms with van der Waals surface area (Å²) >= 11 is 6.12. The molecule has 4 nitrogen and oxygen atoms in total. The van der Waals surface area contributed by atoms with Gasteiger partial charge in [0, 0.05) is 19.3 Å². The van der Waals surface area contributed by atoms with Gasteiger partial charge in [-0.25, -0.2) is 0 Å². The van der Waals surface area contributed by atoms with Crippen LogP contribution in [0.15, 0.2) is 67.0 Å². The summed E-state index contributed by atoms with van der Waals surface area (Å²) in [5.74, 6) is -0.218. The molecule has 5 heteroatoms. The zero-order valence-corrected chi connectivity index (χ0v) is 14.9. The number of carbonyl (C=O) groups is 1. The molecular formula is C21H18ClN3O. The first-order valence-electron chi connectivity index (χ1n) is 8.53. The Morgan fingerprint density at radius 3 is 2.65 bits per heavy atom. The second-order valence-electron chi connectivity index (χ2n) is 6.31. The zero-order chi connectivity index (χ0) is 17.9. The molecule has 0 saturated heterocycles. The third-order valence-electron chi connectivity index (χ3n) is 4.60. The molecule has 4 rings (SSSR count). The van der Waals surface area contributed by atoms with E-state index in [2.05, 4.69) is 39.5 Å². The molecule has 1 aliphatic heterocycles. The van der Waals surface area contributed by atoms with Crippen molar-refractivity contribution >= 4 is 28.9 Å². The molecule has 2 heterocycles. The average Bonchev–Trinajstić information content (AvgIpc) is 2.69. The number of halogens is 1. The summed E-state index contributed by atoms with van der Waals surface area (Å²) in [6.07, 6.45) is 4.38. The molecule has 0 aliphatic carbocycles. The summed E-state index contributed by atoms with van der Waals surface area (Å²) in [6, 6.07) is 17.5. The fraction of sp³-hybridized carbons (Fsp3) is 0.143. The first kappa shape index (κ1) is 16.6. The Labute approximate surface area is 157 Å². The monoisotopic (exact) mass is 363 g/mol. The van der Waals surface area contributed by atoms with E-state index in [-0.39, 0.29) is 5.91 Å². The summed E-state index contributed by atoms with van der Waals surface area (Å²) in [5, 5.41) is 3.35. The number of rotatable bonds is 3. The number of benzene rings is 2. The lowest BCUT2D eigenvalue weighted by atomic mass is 9.99. The van der Waals surface area contributed by atoms with Crippen LogP contribution in [0.5, 0.6) is 0 Å². The van der Waals surface area contributed by atoms with Crippen LogP contribution in [0.4, 0.5) is 11.4 Å². The molecule has 1 aromatic heterocycles. The molecule has 0 spiro atoms. The smallest absolute Gasteiger partial charge is 0.257 e. The minimum atomic E-state index is -0.218. The summed E-state index contributed by atoms with van der Waals surface area (Å²) in [5.41, 5.74) is 4.78. The van der Waals surface area contributed by atoms with E-state index in [1.165, 1.54) is 11.1 Å². The average molecular weight is 364 g/mol. The van der Waals surface area contributed by atoms with E-state index in [0.717, 1.165) is 25.2 Å². The molecule has 0 fully saturated rings. The van der Waals surface area contributed by atoms with Gasteiger partial charge in [-0.15, -0.1) is 0 Å². The van der Waals surface area contributed by atoms with Crippen LogP contribution in [0.25, 0.3) is 0 Å². The molecule has 0 saturated carbocycles. The zero-order valence-electron chi connectivity index (χ0n) is 14.2. The summed E-state index contributed by atoms with van der Waals surface area (Å²) in [7, 11) is 0. The number of hydrogen-bond donors (Lipinski definition) is 1. The van der Waals surface area contributed by atoms with Gasteiger partial charge in [-0.3, -0.25) is 9.78 Å². The Morgan fingerprint density at radius 1 is 1.04 bits per heavy atom. The van der Waals surface area contributed by atoms with Gasteiger partial charge in [0.05, 0.1) is 28.2 Å². The largest absolute Gasteiger partial charge is 0.366 e. The molecule has 26 heavy (non-hydrogen) atoms. The topological polar surface area (TPSA) is 45.2 Å². The van der Waals surface area contributed by atoms with E-state index in [9.17, 15) is 4.79 Å². The quantitative estimate of drug-likeness (QED) is 0.742. The molecular weight excluding hydrogens is 346 g/mol. The highest BCUT2D eigenvalue weighted by molar-refractivity contribution is 6.33. The number of aromatic nitrogens is 1. The van der Waals surface area contributed by atoms with Crippen LogP contribution in [0.2, 0.25) is 5.02 Å². The normalized spacial score (nSPS) is 13.2. The van der Waals surface area contributed by atoms with Gasteiger partial charge in [-0.1, -0.05) is 48.0 Å². The first-order chi connectivity index (χ1) is 12.7. The van der Waals surface area contributed by atoms with Crippen molar-refractivity contribution in [3.05, 3.63) is 88.7 Å². The molecule has 1 aliphatic rings. The lowest BCUT2D eigenvalue weighted by Crippen LogP contribution is -2.30. The molecule has 1 amide bonds. The van der Waals surface area contributed by atoms with E-state index in [0.29, 0.717) is 16.3 Å². The van der Waals surface area contributed by atoms with E-state index in [4.69, 9.17) is 11.6 Å². The third kappa shape index (κ3) is 3.41. The van der Waals surface area contributed by atoms with Crippen molar-refractivity contribution in [2.45, 2.75) is 13.0 Å². The minimum Gasteiger partial charge on any atom is -0.366 e. The summed E-state index contributed by atoms with van der Waals surface area (Å²) in [6.45, 7) is 1.74. The maximum absolute atomic E-state index is 12.6. The molecule has 2 aromatic carbocycles. The summed E-state index contributed by atoms with van der Waals surface area (Å²) in [4.78, 5) is 19.1. The lowest BCUT2D eigenvalue weighted by Gasteiger charge is -2.30. The number of fused-ring (bicyclic) bond motifs is 1. The number of nitrogens with one attached hydrogen (secondary N) is 1. The van der Waals surface area contributed by atoms with Crippen LogP contribution in [0.3, 0.4) is 0 Å². The van der Waals surface area contributed by atoms with Crippen molar-refractivity contribution in [3.8, 4) is 0 Å². The van der Waals surface area contributed by atoms with Crippen LogP contribution < -0.4 is 10.2 Å². The fourth-order valence-corrected chi connectivity index (χ4v) is 3.38. The maximum atomic E-state index is 12.6. The number of para-hydroxylation sites is 1. The van der Waals surface area contributed by atoms with Gasteiger partial charge in [0.15, 0.2) is 0 Å². The van der Waals surface area contributed by atoms with Gasteiger partial charge in [0.1, 0.15) is 0 Å². The molecule has 3 aromatic rings. The SMILES string of the molecule is O=C(Nc1ccccc1Cl)c1cncc(N2CCc3ccccc3C2)c1. The summed E-state index contributed by atoms with van der Waals surface area (Å²) < 4.78 is 0. The second-order valence-corrected chi connectivity index (χ2v) is 6.71. The highest BCUT2D eigenvalue weighted by Crippen LogP contribution is 2.25. The molecule has 0 radical (unpaired) electrons. The van der Waals surface area contributed by atoms with Gasteiger partial charge < -0.3 is 10.2 Å². The van der Waals surface area contributed by atoms with Crippen molar-refractivity contribution < 1.29 is 4.79 Å². The lowest BCUT2D eigenvalue weighted by molar-refractivity contribution is 0.102. The van der Waals surface area contributed by atoms with Gasteiger partial charge in [0.2, 0.25) is 0 Å². The predicted octanol–water partition coefficient (Wildman–Crippen LogP) is 4.55. The van der Waals surface area contributed by atoms with E-state index >= 15 is 0 Å². The molecule has 0 bridgehead atoms. The molecule has 1 N–H and O–H groups in total. The standard InChI is InChI=1S/C21H18ClN3O/c22-19-7-3-4-8-20(19)24-21(26)17-11-18(13-23-12-17)25-10-9-15-5-1-2-6-16(15)14-25/h1-8,11-13H,9-10,14H2,(H,24,26). The number of pyridine rings is 1. The van der Waals surface area contributed by atoms with Crippen LogP contribution in [-0.4, -0.2) is 17.4 Å². The number of carbonyl (C=O) groups excluding carboxylic acids is 1. The van der Waals surface area contributed by atoms with Crippen LogP contribution in [-0.2, 0) is 13.0 Å². The fourth-order valence-electron chi connectivity index (χ4n) is 3.20. The van der Waals surface area contributed by atoms with Crippen LogP contribution >= 0.6 is 11.6 Å². The first-order valence-corrected chi connectivity index (χ1v) is 8.91. The van der Waals surface area contributed by atoms with Crippen molar-refractivity contribution in [2.24, 2.45) is 0 Å². The van der Waals surface area contributed by atoms with Crippen molar-refractivity contribution in [3.63, 3.8) is 0 Å². The molecule has 0 atom stereocenters. The number of anilines is 2. The van der Waals surface area contributed by atoms with Crippen molar-refractivity contribution in [1.29, 1.82) is 0 Å². The van der Waals surface area contributed by atoms with Crippen LogP contribution in [0, 0.1) is 0 Å². The Hall–Kier alpha value is -2.85. The van der Waals surface area contributed by atoms with Crippen LogP contribution in [0.1, 0.15) is 21.5 Å². The van der Waals surface area contributed by atoms with Gasteiger partial charge in [-0.05, 0) is 35.7 Å². The predicted molar refractivity (Wildman–Crippen MR) is 105 cm³/mol. The van der Waals surface area contributed by atoms with Gasteiger partial charge >= 0.3 is 0 Å². The van der Waals surface area contributed by atoms with Crippen molar-refractivity contribution in [1.82, 2.24) is 4.98 Å². The minimum absolute atomic E-state index is 0.218. The highest BCUT2D eigenvalue weighted by Gasteiger charge is 2.18. The molecule has 130 valence electrons. The van der Waals surface area contributed by atoms with Gasteiger partial charge in [-0.2, -0.15) is 0 Å². The number of nitrogens with zero attached hydrogens (tertiary/aromatic N) is 2. The second kappa shape index (κ2) is 7.18. The third-order valence-corrected chi connectivity index (χ3v) is 4.93. The maximum Gasteiger partial charge on any atom is 0.257 e. The Morgan fingerprint density at radius 2 is 1.81 bits per heavy atom. The van der Waals surface area contributed by atoms with E-state index in [1.807, 2.05) is 18.2 Å². The highest BCUT2D eigenvalue weighted by atomic mass is 35.5. The van der Waals surface area contributed by atoms with E-state index < -0.39 is 0 Å². The number of hydrogen-bond acceptors (Lipinski definition) is 3. The number of amides is 1. The van der Waals surface area contributed by atoms with Gasteiger partial charge in [0.25, 0.3) is 5.91 Å².